The van der Waals surface area contributed by atoms with Gasteiger partial charge in [-0.2, -0.15) is 0 Å². The molecule has 3 heterocycles. The fraction of sp³-hybridized carbons (Fsp3) is 0.308. The Hall–Kier alpha value is -3.98. The first-order chi connectivity index (χ1) is 17.1. The normalized spacial score (nSPS) is 17.9. The first-order valence-corrected chi connectivity index (χ1v) is 11.6. The van der Waals surface area contributed by atoms with E-state index in [1.165, 1.54) is 0 Å². The Morgan fingerprint density at radius 2 is 1.71 bits per heavy atom. The lowest BCUT2D eigenvalue weighted by atomic mass is 10.1. The second-order valence-electron chi connectivity index (χ2n) is 8.50. The van der Waals surface area contributed by atoms with E-state index in [0.717, 1.165) is 16.9 Å². The van der Waals surface area contributed by atoms with E-state index in [4.69, 9.17) is 9.47 Å². The van der Waals surface area contributed by atoms with Crippen LogP contribution in [0.3, 0.4) is 0 Å². The number of carbonyl (C=O) groups is 2. The van der Waals surface area contributed by atoms with Crippen molar-refractivity contribution in [3.8, 4) is 5.75 Å². The molecule has 0 N–H and O–H groups in total. The number of rotatable bonds is 5. The highest BCUT2D eigenvalue weighted by Gasteiger charge is 2.31. The van der Waals surface area contributed by atoms with E-state index in [1.54, 1.807) is 33.7 Å². The number of aromatic nitrogens is 3. The molecule has 35 heavy (non-hydrogen) atoms. The van der Waals surface area contributed by atoms with Crippen LogP contribution in [-0.4, -0.2) is 69.9 Å². The predicted molar refractivity (Wildman–Crippen MR) is 129 cm³/mol. The van der Waals surface area contributed by atoms with Gasteiger partial charge in [-0.25, -0.2) is 4.68 Å². The highest BCUT2D eigenvalue weighted by atomic mass is 16.5. The van der Waals surface area contributed by atoms with Crippen LogP contribution in [0.25, 0.3) is 6.08 Å². The van der Waals surface area contributed by atoms with Crippen LogP contribution in [0.4, 0.5) is 0 Å². The van der Waals surface area contributed by atoms with Gasteiger partial charge < -0.3 is 19.3 Å². The molecule has 0 bridgehead atoms. The number of hydrogen-bond donors (Lipinski definition) is 0. The molecule has 1 atom stereocenters. The SMILES string of the molecule is COc1ccc(C=CC(=O)N2CCN(C(=O)c3nnn4c3COC(c3ccccc3)C4)CC2)cc1. The van der Waals surface area contributed by atoms with Gasteiger partial charge >= 0.3 is 0 Å². The number of amides is 2. The lowest BCUT2D eigenvalue weighted by molar-refractivity contribution is -0.127. The smallest absolute Gasteiger partial charge is 0.276 e. The van der Waals surface area contributed by atoms with E-state index >= 15 is 0 Å². The summed E-state index contributed by atoms with van der Waals surface area (Å²) in [5, 5.41) is 8.38. The van der Waals surface area contributed by atoms with E-state index in [1.807, 2.05) is 54.6 Å². The zero-order chi connectivity index (χ0) is 24.2. The molecule has 0 radical (unpaired) electrons. The molecule has 2 amide bonds. The third kappa shape index (κ3) is 4.95. The van der Waals surface area contributed by atoms with Crippen LogP contribution in [0, 0.1) is 0 Å². The fourth-order valence-corrected chi connectivity index (χ4v) is 4.31. The molecular formula is C26H27N5O4. The van der Waals surface area contributed by atoms with Crippen molar-refractivity contribution in [2.24, 2.45) is 0 Å². The number of fused-ring (bicyclic) bond motifs is 1. The maximum absolute atomic E-state index is 13.2. The number of piperazine rings is 1. The Kier molecular flexibility index (Phi) is 6.58. The second kappa shape index (κ2) is 10.1. The first-order valence-electron chi connectivity index (χ1n) is 11.6. The van der Waals surface area contributed by atoms with Crippen molar-refractivity contribution in [2.45, 2.75) is 19.3 Å². The molecule has 1 aromatic heterocycles. The van der Waals surface area contributed by atoms with Crippen molar-refractivity contribution < 1.29 is 19.1 Å². The quantitative estimate of drug-likeness (QED) is 0.529. The number of hydrogen-bond acceptors (Lipinski definition) is 6. The molecule has 0 aliphatic carbocycles. The second-order valence-corrected chi connectivity index (χ2v) is 8.50. The summed E-state index contributed by atoms with van der Waals surface area (Å²) in [7, 11) is 1.62. The molecule has 3 aromatic rings. The number of methoxy groups -OCH3 is 1. The van der Waals surface area contributed by atoms with Crippen molar-refractivity contribution in [1.82, 2.24) is 24.8 Å². The summed E-state index contributed by atoms with van der Waals surface area (Å²) in [5.74, 6) is 0.522. The minimum absolute atomic E-state index is 0.0747. The highest BCUT2D eigenvalue weighted by Crippen LogP contribution is 2.27. The number of nitrogens with zero attached hydrogens (tertiary/aromatic N) is 5. The van der Waals surface area contributed by atoms with Crippen molar-refractivity contribution >= 4 is 17.9 Å². The van der Waals surface area contributed by atoms with Crippen LogP contribution in [0.15, 0.2) is 60.7 Å². The summed E-state index contributed by atoms with van der Waals surface area (Å²) in [6.45, 7) is 2.62. The van der Waals surface area contributed by atoms with Crippen LogP contribution in [0.5, 0.6) is 5.75 Å². The van der Waals surface area contributed by atoms with Gasteiger partial charge in [-0.1, -0.05) is 47.7 Å². The fourth-order valence-electron chi connectivity index (χ4n) is 4.31. The van der Waals surface area contributed by atoms with Crippen LogP contribution < -0.4 is 4.74 Å². The average Bonchev–Trinajstić information content (AvgIpc) is 3.35. The summed E-state index contributed by atoms with van der Waals surface area (Å²) in [4.78, 5) is 29.2. The largest absolute Gasteiger partial charge is 0.497 e. The summed E-state index contributed by atoms with van der Waals surface area (Å²) in [5.41, 5.74) is 3.02. The topological polar surface area (TPSA) is 89.8 Å². The molecule has 1 saturated heterocycles. The Morgan fingerprint density at radius 3 is 2.43 bits per heavy atom. The van der Waals surface area contributed by atoms with E-state index in [2.05, 4.69) is 10.3 Å². The lowest BCUT2D eigenvalue weighted by Crippen LogP contribution is -2.50. The van der Waals surface area contributed by atoms with Gasteiger partial charge in [0, 0.05) is 32.3 Å². The molecule has 2 aromatic carbocycles. The minimum Gasteiger partial charge on any atom is -0.497 e. The zero-order valence-corrected chi connectivity index (χ0v) is 19.5. The Morgan fingerprint density at radius 1 is 1.00 bits per heavy atom. The van der Waals surface area contributed by atoms with Crippen LogP contribution in [0.1, 0.15) is 33.4 Å². The standard InChI is InChI=1S/C26H27N5O4/c1-34-21-10-7-19(8-11-21)9-12-24(32)29-13-15-30(16-14-29)26(33)25-22-18-35-23(17-31(22)28-27-25)20-5-3-2-4-6-20/h2-12,23H,13-18H2,1H3. The lowest BCUT2D eigenvalue weighted by Gasteiger charge is -2.34. The molecule has 9 nitrogen and oxygen atoms in total. The molecule has 5 rings (SSSR count). The Bertz CT molecular complexity index is 1210. The third-order valence-electron chi connectivity index (χ3n) is 6.38. The molecular weight excluding hydrogens is 446 g/mol. The van der Waals surface area contributed by atoms with Gasteiger partial charge in [-0.15, -0.1) is 5.10 Å². The Labute approximate surface area is 203 Å². The summed E-state index contributed by atoms with van der Waals surface area (Å²) in [6.07, 6.45) is 3.23. The molecule has 1 unspecified atom stereocenters. The first kappa shape index (κ1) is 22.8. The van der Waals surface area contributed by atoms with Crippen molar-refractivity contribution in [3.63, 3.8) is 0 Å². The van der Waals surface area contributed by atoms with E-state index < -0.39 is 0 Å². The van der Waals surface area contributed by atoms with Crippen LogP contribution in [0.2, 0.25) is 0 Å². The molecule has 1 fully saturated rings. The summed E-state index contributed by atoms with van der Waals surface area (Å²) >= 11 is 0. The molecule has 2 aliphatic rings. The summed E-state index contributed by atoms with van der Waals surface area (Å²) < 4.78 is 12.9. The van der Waals surface area contributed by atoms with Gasteiger partial charge in [0.1, 0.15) is 11.9 Å². The molecule has 2 aliphatic heterocycles. The van der Waals surface area contributed by atoms with Crippen molar-refractivity contribution in [3.05, 3.63) is 83.2 Å². The zero-order valence-electron chi connectivity index (χ0n) is 19.5. The predicted octanol–water partition coefficient (Wildman–Crippen LogP) is 2.56. The van der Waals surface area contributed by atoms with Gasteiger partial charge in [0.2, 0.25) is 5.91 Å². The van der Waals surface area contributed by atoms with Crippen molar-refractivity contribution in [2.75, 3.05) is 33.3 Å². The maximum atomic E-state index is 13.2. The van der Waals surface area contributed by atoms with Gasteiger partial charge in [0.15, 0.2) is 5.69 Å². The summed E-state index contributed by atoms with van der Waals surface area (Å²) in [6, 6.07) is 17.4. The number of benzene rings is 2. The molecule has 180 valence electrons. The maximum Gasteiger partial charge on any atom is 0.276 e. The van der Waals surface area contributed by atoms with E-state index in [9.17, 15) is 9.59 Å². The van der Waals surface area contributed by atoms with Gasteiger partial charge in [0.25, 0.3) is 5.91 Å². The highest BCUT2D eigenvalue weighted by molar-refractivity contribution is 5.94. The number of ether oxygens (including phenoxy) is 2. The molecule has 0 spiro atoms. The van der Waals surface area contributed by atoms with E-state index in [-0.39, 0.29) is 24.5 Å². The third-order valence-corrected chi connectivity index (χ3v) is 6.38. The van der Waals surface area contributed by atoms with Gasteiger partial charge in [-0.3, -0.25) is 9.59 Å². The van der Waals surface area contributed by atoms with Crippen molar-refractivity contribution in [1.29, 1.82) is 0 Å². The van der Waals surface area contributed by atoms with Crippen LogP contribution >= 0.6 is 0 Å². The average molecular weight is 474 g/mol. The monoisotopic (exact) mass is 473 g/mol. The van der Waals surface area contributed by atoms with E-state index in [0.29, 0.717) is 44.1 Å². The van der Waals surface area contributed by atoms with Crippen LogP contribution in [-0.2, 0) is 22.7 Å². The van der Waals surface area contributed by atoms with Gasteiger partial charge in [-0.05, 0) is 29.3 Å². The number of carbonyl (C=O) groups excluding carboxylic acids is 2. The Balaban J connectivity index is 1.17. The molecule has 9 heteroatoms. The minimum atomic E-state index is -0.172. The molecule has 0 saturated carbocycles. The van der Waals surface area contributed by atoms with Gasteiger partial charge in [0.05, 0.1) is 26.0 Å².